The maximum atomic E-state index is 13.2. The van der Waals surface area contributed by atoms with E-state index in [0.717, 1.165) is 11.1 Å². The van der Waals surface area contributed by atoms with Crippen molar-refractivity contribution in [3.8, 4) is 0 Å². The third kappa shape index (κ3) is 4.23. The van der Waals surface area contributed by atoms with E-state index in [9.17, 15) is 17.6 Å². The van der Waals surface area contributed by atoms with E-state index in [4.69, 9.17) is 11.6 Å². The average Bonchev–Trinajstić information content (AvgIpc) is 3.10. The number of anilines is 1. The number of hydrogen-bond donors (Lipinski definition) is 1. The van der Waals surface area contributed by atoms with Gasteiger partial charge in [-0.05, 0) is 86.0 Å². The van der Waals surface area contributed by atoms with E-state index in [2.05, 4.69) is 5.32 Å². The number of rotatable bonds is 5. The van der Waals surface area contributed by atoms with Gasteiger partial charge in [-0.2, -0.15) is 0 Å². The van der Waals surface area contributed by atoms with Crippen molar-refractivity contribution < 1.29 is 17.6 Å². The van der Waals surface area contributed by atoms with Crippen LogP contribution in [0.2, 0.25) is 5.02 Å². The van der Waals surface area contributed by atoms with E-state index in [1.54, 1.807) is 42.5 Å². The molecule has 0 aromatic heterocycles. The summed E-state index contributed by atoms with van der Waals surface area (Å²) in [5.41, 5.74) is 2.58. The second-order valence-corrected chi connectivity index (χ2v) is 10.1. The van der Waals surface area contributed by atoms with Crippen LogP contribution in [0.25, 0.3) is 0 Å². The van der Waals surface area contributed by atoms with Gasteiger partial charge in [0.2, 0.25) is 0 Å². The maximum Gasteiger partial charge on any atom is 0.264 e. The van der Waals surface area contributed by atoms with Crippen molar-refractivity contribution >= 4 is 33.2 Å². The van der Waals surface area contributed by atoms with Crippen molar-refractivity contribution in [3.05, 3.63) is 94.3 Å². The molecule has 1 heterocycles. The lowest BCUT2D eigenvalue weighted by atomic mass is 10.0. The first-order valence-corrected chi connectivity index (χ1v) is 12.0. The van der Waals surface area contributed by atoms with Crippen LogP contribution >= 0.6 is 11.6 Å². The van der Waals surface area contributed by atoms with Gasteiger partial charge in [0.15, 0.2) is 0 Å². The summed E-state index contributed by atoms with van der Waals surface area (Å²) in [6.45, 7) is 3.66. The molecule has 4 rings (SSSR count). The van der Waals surface area contributed by atoms with Gasteiger partial charge in [-0.3, -0.25) is 9.10 Å². The Hall–Kier alpha value is -2.90. The zero-order valence-corrected chi connectivity index (χ0v) is 19.1. The molecule has 8 heteroatoms. The highest BCUT2D eigenvalue weighted by Gasteiger charge is 2.36. The fourth-order valence-electron chi connectivity index (χ4n) is 3.95. The molecule has 0 aliphatic carbocycles. The van der Waals surface area contributed by atoms with Crippen LogP contribution < -0.4 is 9.62 Å². The van der Waals surface area contributed by atoms with Gasteiger partial charge in [-0.25, -0.2) is 12.8 Å². The second-order valence-electron chi connectivity index (χ2n) is 7.90. The van der Waals surface area contributed by atoms with Crippen molar-refractivity contribution in [2.24, 2.45) is 0 Å². The fraction of sp³-hybridized carbons (Fsp3) is 0.208. The van der Waals surface area contributed by atoms with Crippen LogP contribution in [0, 0.1) is 5.82 Å². The first-order valence-electron chi connectivity index (χ1n) is 10.2. The fourth-order valence-corrected chi connectivity index (χ4v) is 5.76. The van der Waals surface area contributed by atoms with Crippen molar-refractivity contribution in [1.82, 2.24) is 5.32 Å². The van der Waals surface area contributed by atoms with Crippen molar-refractivity contribution in [2.45, 2.75) is 37.2 Å². The zero-order valence-electron chi connectivity index (χ0n) is 17.5. The van der Waals surface area contributed by atoms with E-state index < -0.39 is 10.0 Å². The summed E-state index contributed by atoms with van der Waals surface area (Å²) in [5, 5.41) is 3.36. The van der Waals surface area contributed by atoms with E-state index in [-0.39, 0.29) is 28.7 Å². The highest BCUT2D eigenvalue weighted by Crippen LogP contribution is 2.37. The van der Waals surface area contributed by atoms with E-state index >= 15 is 0 Å². The summed E-state index contributed by atoms with van der Waals surface area (Å²) in [5.74, 6) is -0.616. The number of sulfonamides is 1. The monoisotopic (exact) mass is 472 g/mol. The third-order valence-electron chi connectivity index (χ3n) is 5.58. The molecule has 0 radical (unpaired) electrons. The third-order valence-corrected chi connectivity index (χ3v) is 7.78. The quantitative estimate of drug-likeness (QED) is 0.561. The molecule has 0 spiro atoms. The molecule has 2 atom stereocenters. The van der Waals surface area contributed by atoms with Gasteiger partial charge in [0.1, 0.15) is 5.82 Å². The van der Waals surface area contributed by atoms with Gasteiger partial charge in [-0.15, -0.1) is 0 Å². The Bertz CT molecular complexity index is 1260. The Balaban J connectivity index is 1.57. The molecular weight excluding hydrogens is 451 g/mol. The summed E-state index contributed by atoms with van der Waals surface area (Å²) in [6, 6.07) is 16.5. The molecule has 166 valence electrons. The lowest BCUT2D eigenvalue weighted by Gasteiger charge is -2.24. The average molecular weight is 473 g/mol. The molecule has 3 aromatic rings. The van der Waals surface area contributed by atoms with Gasteiger partial charge in [-0.1, -0.05) is 23.7 Å². The van der Waals surface area contributed by atoms with Crippen molar-refractivity contribution in [1.29, 1.82) is 0 Å². The van der Waals surface area contributed by atoms with Crippen LogP contribution in [0.5, 0.6) is 0 Å². The number of hydrogen-bond acceptors (Lipinski definition) is 3. The zero-order chi connectivity index (χ0) is 23.0. The molecule has 0 bridgehead atoms. The second kappa shape index (κ2) is 8.56. The number of fused-ring (bicyclic) bond motifs is 1. The molecule has 1 amide bonds. The molecule has 1 aliphatic heterocycles. The van der Waals surface area contributed by atoms with E-state index in [1.165, 1.54) is 28.6 Å². The van der Waals surface area contributed by atoms with Crippen LogP contribution in [0.1, 0.15) is 41.4 Å². The molecule has 3 aromatic carbocycles. The predicted octanol–water partition coefficient (Wildman–Crippen LogP) is 5.11. The minimum atomic E-state index is -3.77. The molecule has 32 heavy (non-hydrogen) atoms. The topological polar surface area (TPSA) is 66.5 Å². The molecule has 0 saturated carbocycles. The number of amides is 1. The largest absolute Gasteiger partial charge is 0.346 e. The highest BCUT2D eigenvalue weighted by atomic mass is 35.5. The Labute approximate surface area is 191 Å². The summed E-state index contributed by atoms with van der Waals surface area (Å²) < 4.78 is 41.0. The number of benzene rings is 3. The molecular formula is C24H22ClFN2O3S. The van der Waals surface area contributed by atoms with Crippen LogP contribution in [0.15, 0.2) is 71.6 Å². The van der Waals surface area contributed by atoms with Crippen molar-refractivity contribution in [2.75, 3.05) is 4.31 Å². The Kier molecular flexibility index (Phi) is 5.97. The lowest BCUT2D eigenvalue weighted by molar-refractivity contribution is 0.0940. The minimum Gasteiger partial charge on any atom is -0.346 e. The molecule has 0 fully saturated rings. The summed E-state index contributed by atoms with van der Waals surface area (Å²) in [7, 11) is -3.77. The molecule has 0 unspecified atom stereocenters. The number of halogens is 2. The predicted molar refractivity (Wildman–Crippen MR) is 123 cm³/mol. The highest BCUT2D eigenvalue weighted by molar-refractivity contribution is 7.92. The number of nitrogens with one attached hydrogen (secondary N) is 1. The van der Waals surface area contributed by atoms with Crippen LogP contribution in [-0.4, -0.2) is 20.4 Å². The van der Waals surface area contributed by atoms with E-state index in [1.807, 2.05) is 13.8 Å². The normalized spacial score (nSPS) is 16.5. The first kappa shape index (κ1) is 22.3. The Morgan fingerprint density at radius 3 is 2.41 bits per heavy atom. The number of carbonyl (C=O) groups excluding carboxylic acids is 1. The Morgan fingerprint density at radius 1 is 1.09 bits per heavy atom. The lowest BCUT2D eigenvalue weighted by Crippen LogP contribution is -2.35. The first-order chi connectivity index (χ1) is 15.2. The summed E-state index contributed by atoms with van der Waals surface area (Å²) in [4.78, 5) is 12.9. The maximum absolute atomic E-state index is 13.2. The van der Waals surface area contributed by atoms with Gasteiger partial charge in [0, 0.05) is 16.6 Å². The molecule has 0 saturated heterocycles. The van der Waals surface area contributed by atoms with E-state index in [0.29, 0.717) is 22.7 Å². The molecule has 5 nitrogen and oxygen atoms in total. The Morgan fingerprint density at radius 2 is 1.75 bits per heavy atom. The van der Waals surface area contributed by atoms with Gasteiger partial charge >= 0.3 is 0 Å². The molecule has 1 N–H and O–H groups in total. The van der Waals surface area contributed by atoms with Crippen LogP contribution in [-0.2, 0) is 16.4 Å². The SMILES string of the molecule is C[C@@H]1Cc2cc(C(=O)N[C@H](C)c3ccc(F)cc3)ccc2N1S(=O)(=O)c1ccc(Cl)cc1. The van der Waals surface area contributed by atoms with Crippen LogP contribution in [0.4, 0.5) is 10.1 Å². The van der Waals surface area contributed by atoms with Gasteiger partial charge in [0.25, 0.3) is 15.9 Å². The smallest absolute Gasteiger partial charge is 0.264 e. The van der Waals surface area contributed by atoms with Crippen molar-refractivity contribution in [3.63, 3.8) is 0 Å². The number of carbonyl (C=O) groups is 1. The van der Waals surface area contributed by atoms with Crippen LogP contribution in [0.3, 0.4) is 0 Å². The standard InChI is InChI=1S/C24H22ClFN2O3S/c1-15-13-19-14-18(24(29)27-16(2)17-3-8-21(26)9-4-17)5-12-23(19)28(15)32(30,31)22-10-6-20(25)7-11-22/h3-12,14-16H,13H2,1-2H3,(H,27,29)/t15-,16-/m1/s1. The minimum absolute atomic E-state index is 0.163. The summed E-state index contributed by atoms with van der Waals surface area (Å²) in [6.07, 6.45) is 0.497. The van der Waals surface area contributed by atoms with Gasteiger partial charge < -0.3 is 5.32 Å². The summed E-state index contributed by atoms with van der Waals surface area (Å²) >= 11 is 5.90. The number of nitrogens with zero attached hydrogens (tertiary/aromatic N) is 1. The molecule has 1 aliphatic rings. The van der Waals surface area contributed by atoms with Gasteiger partial charge in [0.05, 0.1) is 16.6 Å².